The summed E-state index contributed by atoms with van der Waals surface area (Å²) in [6, 6.07) is 12.5. The third-order valence-corrected chi connectivity index (χ3v) is 2.40. The van der Waals surface area contributed by atoms with E-state index >= 15 is 0 Å². The van der Waals surface area contributed by atoms with Crippen molar-refractivity contribution in [1.29, 1.82) is 0 Å². The van der Waals surface area contributed by atoms with Crippen molar-refractivity contribution in [2.24, 2.45) is 0 Å². The molecule has 18 heavy (non-hydrogen) atoms. The lowest BCUT2D eigenvalue weighted by atomic mass is 10.2. The Kier molecular flexibility index (Phi) is 3.57. The molecular weight excluding hydrogens is 232 g/mol. The number of ether oxygens (including phenoxy) is 1. The minimum atomic E-state index is -0.332. The number of carbonyl (C=O) groups excluding carboxylic acids is 1. The van der Waals surface area contributed by atoms with Crippen molar-refractivity contribution < 1.29 is 13.9 Å². The van der Waals surface area contributed by atoms with Crippen LogP contribution in [0.2, 0.25) is 0 Å². The zero-order chi connectivity index (χ0) is 13.0. The van der Waals surface area contributed by atoms with Crippen LogP contribution in [-0.4, -0.2) is 13.0 Å². The summed E-state index contributed by atoms with van der Waals surface area (Å²) < 4.78 is 18.3. The van der Waals surface area contributed by atoms with E-state index in [1.165, 1.54) is 24.3 Å². The standard InChI is InChI=1S/C14H12FNO2/c1-16-14(17)12-4-2-3-5-13(12)18-11-8-6-10(15)7-9-11/h2-9H,1H3,(H,16,17)/i15-1. The zero-order valence-electron chi connectivity index (χ0n) is 9.81. The molecule has 0 saturated heterocycles. The summed E-state index contributed by atoms with van der Waals surface area (Å²) in [6.45, 7) is 0. The van der Waals surface area contributed by atoms with Crippen LogP contribution in [0.5, 0.6) is 11.5 Å². The van der Waals surface area contributed by atoms with Crippen molar-refractivity contribution in [3.63, 3.8) is 0 Å². The monoisotopic (exact) mass is 244 g/mol. The predicted octanol–water partition coefficient (Wildman–Crippen LogP) is 2.98. The van der Waals surface area contributed by atoms with Gasteiger partial charge in [-0.25, -0.2) is 4.39 Å². The van der Waals surface area contributed by atoms with Crippen molar-refractivity contribution in [2.75, 3.05) is 7.05 Å². The van der Waals surface area contributed by atoms with E-state index in [1.807, 2.05) is 0 Å². The van der Waals surface area contributed by atoms with Crippen LogP contribution in [-0.2, 0) is 0 Å². The Morgan fingerprint density at radius 2 is 1.78 bits per heavy atom. The lowest BCUT2D eigenvalue weighted by Crippen LogP contribution is -2.18. The number of hydrogen-bond acceptors (Lipinski definition) is 2. The molecule has 2 aromatic carbocycles. The molecule has 1 N–H and O–H groups in total. The van der Waals surface area contributed by atoms with E-state index < -0.39 is 0 Å². The topological polar surface area (TPSA) is 38.3 Å². The maximum atomic E-state index is 12.8. The van der Waals surface area contributed by atoms with Crippen LogP contribution in [0.4, 0.5) is 4.39 Å². The largest absolute Gasteiger partial charge is 0.457 e. The van der Waals surface area contributed by atoms with Gasteiger partial charge in [-0.1, -0.05) is 12.1 Å². The lowest BCUT2D eigenvalue weighted by molar-refractivity contribution is 0.0961. The summed E-state index contributed by atoms with van der Waals surface area (Å²) in [6.07, 6.45) is 0. The molecule has 0 aliphatic carbocycles. The van der Waals surface area contributed by atoms with E-state index in [2.05, 4.69) is 5.32 Å². The summed E-state index contributed by atoms with van der Waals surface area (Å²) in [5.74, 6) is 0.353. The van der Waals surface area contributed by atoms with Gasteiger partial charge in [-0.05, 0) is 36.4 Å². The van der Waals surface area contributed by atoms with E-state index in [4.69, 9.17) is 4.74 Å². The van der Waals surface area contributed by atoms with E-state index in [0.29, 0.717) is 17.1 Å². The zero-order valence-corrected chi connectivity index (χ0v) is 9.81. The molecule has 0 atom stereocenters. The number of para-hydroxylation sites is 1. The van der Waals surface area contributed by atoms with E-state index in [9.17, 15) is 9.18 Å². The molecule has 0 fully saturated rings. The molecule has 0 spiro atoms. The quantitative estimate of drug-likeness (QED) is 0.901. The predicted molar refractivity (Wildman–Crippen MR) is 66.3 cm³/mol. The Hall–Kier alpha value is -2.36. The normalized spacial score (nSPS) is 9.89. The van der Waals surface area contributed by atoms with E-state index in [1.54, 1.807) is 31.3 Å². The van der Waals surface area contributed by atoms with E-state index in [0.717, 1.165) is 0 Å². The maximum absolute atomic E-state index is 12.8. The first-order chi connectivity index (χ1) is 8.70. The number of carbonyl (C=O) groups is 1. The Morgan fingerprint density at radius 1 is 1.11 bits per heavy atom. The fraction of sp³-hybridized carbons (Fsp3) is 0.0714. The molecule has 0 aliphatic heterocycles. The van der Waals surface area contributed by atoms with E-state index in [-0.39, 0.29) is 11.7 Å². The third-order valence-electron chi connectivity index (χ3n) is 2.40. The van der Waals surface area contributed by atoms with Crippen molar-refractivity contribution >= 4 is 5.91 Å². The van der Waals surface area contributed by atoms with Gasteiger partial charge in [-0.2, -0.15) is 0 Å². The number of amides is 1. The summed E-state index contributed by atoms with van der Waals surface area (Å²) in [5.41, 5.74) is 0.435. The first-order valence-corrected chi connectivity index (χ1v) is 5.45. The fourth-order valence-electron chi connectivity index (χ4n) is 1.51. The van der Waals surface area contributed by atoms with Crippen molar-refractivity contribution in [3.8, 4) is 11.5 Å². The number of nitrogens with one attached hydrogen (secondary N) is 1. The minimum Gasteiger partial charge on any atom is -0.457 e. The molecule has 0 heterocycles. The van der Waals surface area contributed by atoms with Crippen molar-refractivity contribution in [2.45, 2.75) is 0 Å². The Morgan fingerprint density at radius 3 is 2.44 bits per heavy atom. The van der Waals surface area contributed by atoms with Crippen LogP contribution in [0, 0.1) is 5.82 Å². The number of halogens is 1. The molecule has 0 aliphatic rings. The molecule has 2 aromatic rings. The second kappa shape index (κ2) is 5.31. The fourth-order valence-corrected chi connectivity index (χ4v) is 1.51. The average molecular weight is 244 g/mol. The smallest absolute Gasteiger partial charge is 0.254 e. The van der Waals surface area contributed by atoms with Crippen LogP contribution in [0.1, 0.15) is 10.4 Å². The lowest BCUT2D eigenvalue weighted by Gasteiger charge is -2.09. The van der Waals surface area contributed by atoms with Crippen LogP contribution < -0.4 is 10.1 Å². The molecule has 0 radical (unpaired) electrons. The minimum absolute atomic E-state index is 0.229. The number of benzene rings is 2. The van der Waals surface area contributed by atoms with Gasteiger partial charge in [0.05, 0.1) is 5.56 Å². The molecule has 0 aromatic heterocycles. The molecule has 0 unspecified atom stereocenters. The molecule has 0 bridgehead atoms. The summed E-state index contributed by atoms with van der Waals surface area (Å²) >= 11 is 0. The molecule has 92 valence electrons. The molecule has 1 amide bonds. The Labute approximate surface area is 104 Å². The highest BCUT2D eigenvalue weighted by atomic mass is 18.2. The molecule has 4 heteroatoms. The second-order valence-corrected chi connectivity index (χ2v) is 3.63. The second-order valence-electron chi connectivity index (χ2n) is 3.63. The van der Waals surface area contributed by atoms with Crippen molar-refractivity contribution in [1.82, 2.24) is 5.32 Å². The summed E-state index contributed by atoms with van der Waals surface area (Å²) in [7, 11) is 1.55. The van der Waals surface area contributed by atoms with Gasteiger partial charge >= 0.3 is 0 Å². The summed E-state index contributed by atoms with van der Waals surface area (Å²) in [5, 5.41) is 2.54. The van der Waals surface area contributed by atoms with Crippen molar-refractivity contribution in [3.05, 3.63) is 59.9 Å². The first-order valence-electron chi connectivity index (χ1n) is 5.45. The van der Waals surface area contributed by atoms with Crippen LogP contribution >= 0.6 is 0 Å². The van der Waals surface area contributed by atoms with Gasteiger partial charge in [-0.3, -0.25) is 4.79 Å². The molecule has 2 rings (SSSR count). The van der Waals surface area contributed by atoms with Gasteiger partial charge < -0.3 is 10.1 Å². The Bertz CT molecular complexity index is 552. The van der Waals surface area contributed by atoms with Gasteiger partial charge in [0, 0.05) is 7.05 Å². The highest BCUT2D eigenvalue weighted by Crippen LogP contribution is 2.25. The van der Waals surface area contributed by atoms with Crippen LogP contribution in [0.15, 0.2) is 48.5 Å². The SMILES string of the molecule is CNC(=O)c1ccccc1Oc1ccc([18F])cc1. The average Bonchev–Trinajstić information content (AvgIpc) is 2.41. The van der Waals surface area contributed by atoms with Gasteiger partial charge in [0.2, 0.25) is 0 Å². The highest BCUT2D eigenvalue weighted by molar-refractivity contribution is 5.96. The first kappa shape index (κ1) is 12.1. The van der Waals surface area contributed by atoms with Crippen LogP contribution in [0.3, 0.4) is 0 Å². The summed E-state index contributed by atoms with van der Waals surface area (Å²) in [4.78, 5) is 11.6. The highest BCUT2D eigenvalue weighted by Gasteiger charge is 2.10. The maximum Gasteiger partial charge on any atom is 0.254 e. The Balaban J connectivity index is 2.28. The van der Waals surface area contributed by atoms with Gasteiger partial charge in [-0.15, -0.1) is 0 Å². The number of hydrogen-bond donors (Lipinski definition) is 1. The van der Waals surface area contributed by atoms with Gasteiger partial charge in [0.25, 0.3) is 5.91 Å². The number of rotatable bonds is 3. The van der Waals surface area contributed by atoms with Gasteiger partial charge in [0.1, 0.15) is 17.3 Å². The third kappa shape index (κ3) is 2.66. The van der Waals surface area contributed by atoms with Gasteiger partial charge in [0.15, 0.2) is 0 Å². The molecule has 0 saturated carbocycles. The van der Waals surface area contributed by atoms with Crippen LogP contribution in [0.25, 0.3) is 0 Å². The molecule has 3 nitrogen and oxygen atoms in total. The molecular formula is C14H12FNO2.